The highest BCUT2D eigenvalue weighted by Gasteiger charge is 2.21. The summed E-state index contributed by atoms with van der Waals surface area (Å²) in [5.74, 6) is 0. The van der Waals surface area contributed by atoms with E-state index in [4.69, 9.17) is 4.42 Å². The number of nitrogens with zero attached hydrogens (tertiary/aromatic N) is 1. The fourth-order valence-corrected chi connectivity index (χ4v) is 8.46. The van der Waals surface area contributed by atoms with Crippen LogP contribution in [0.3, 0.4) is 0 Å². The molecule has 1 heterocycles. The van der Waals surface area contributed by atoms with Crippen LogP contribution in [0.5, 0.6) is 0 Å². The zero-order valence-electron chi connectivity index (χ0n) is 30.6. The third-order valence-corrected chi connectivity index (χ3v) is 11.2. The van der Waals surface area contributed by atoms with Gasteiger partial charge in [0.1, 0.15) is 5.58 Å². The molecule has 2 heteroatoms. The van der Waals surface area contributed by atoms with Gasteiger partial charge in [-0.15, -0.1) is 0 Å². The zero-order valence-corrected chi connectivity index (χ0v) is 30.6. The van der Waals surface area contributed by atoms with E-state index in [2.05, 4.69) is 217 Å². The lowest BCUT2D eigenvalue weighted by Gasteiger charge is -2.26. The normalized spacial score (nSPS) is 11.6. The number of anilines is 3. The van der Waals surface area contributed by atoms with Gasteiger partial charge in [-0.2, -0.15) is 0 Å². The van der Waals surface area contributed by atoms with Gasteiger partial charge in [0.2, 0.25) is 0 Å². The predicted octanol–water partition coefficient (Wildman–Crippen LogP) is 15.5. The molecule has 11 rings (SSSR count). The highest BCUT2D eigenvalue weighted by molar-refractivity contribution is 6.21. The van der Waals surface area contributed by atoms with Crippen LogP contribution in [0.4, 0.5) is 17.1 Å². The Hall–Kier alpha value is -7.42. The molecule has 262 valence electrons. The van der Waals surface area contributed by atoms with Gasteiger partial charge in [-0.25, -0.2) is 0 Å². The van der Waals surface area contributed by atoms with Crippen LogP contribution in [0.1, 0.15) is 0 Å². The average Bonchev–Trinajstić information content (AvgIpc) is 3.67. The van der Waals surface area contributed by atoms with Crippen molar-refractivity contribution in [3.63, 3.8) is 0 Å². The van der Waals surface area contributed by atoms with Crippen LogP contribution in [0.25, 0.3) is 87.6 Å². The van der Waals surface area contributed by atoms with Crippen molar-refractivity contribution >= 4 is 71.3 Å². The fourth-order valence-electron chi connectivity index (χ4n) is 8.46. The third kappa shape index (κ3) is 5.42. The lowest BCUT2D eigenvalue weighted by molar-refractivity contribution is 0.669. The minimum atomic E-state index is 0.864. The van der Waals surface area contributed by atoms with E-state index in [9.17, 15) is 0 Å². The third-order valence-electron chi connectivity index (χ3n) is 11.2. The Morgan fingerprint density at radius 2 is 0.839 bits per heavy atom. The number of fused-ring (bicyclic) bond motifs is 7. The molecule has 11 aromatic rings. The van der Waals surface area contributed by atoms with Crippen LogP contribution < -0.4 is 4.90 Å². The highest BCUT2D eigenvalue weighted by Crippen LogP contribution is 2.45. The van der Waals surface area contributed by atoms with Crippen molar-refractivity contribution in [3.8, 4) is 33.4 Å². The van der Waals surface area contributed by atoms with Crippen molar-refractivity contribution < 1.29 is 4.42 Å². The molecule has 56 heavy (non-hydrogen) atoms. The molecule has 0 fully saturated rings. The maximum absolute atomic E-state index is 6.80. The molecule has 0 atom stereocenters. The Bertz CT molecular complexity index is 3230. The van der Waals surface area contributed by atoms with Crippen molar-refractivity contribution in [2.24, 2.45) is 0 Å². The maximum atomic E-state index is 6.80. The van der Waals surface area contributed by atoms with E-state index in [1.807, 2.05) is 0 Å². The minimum Gasteiger partial charge on any atom is -0.454 e. The summed E-state index contributed by atoms with van der Waals surface area (Å²) in [4.78, 5) is 2.33. The van der Waals surface area contributed by atoms with Crippen LogP contribution in [-0.2, 0) is 0 Å². The highest BCUT2D eigenvalue weighted by atomic mass is 16.3. The average molecular weight is 714 g/mol. The molecular formula is C54H35NO. The van der Waals surface area contributed by atoms with Gasteiger partial charge in [0, 0.05) is 22.1 Å². The quantitative estimate of drug-likeness (QED) is 0.171. The van der Waals surface area contributed by atoms with E-state index in [-0.39, 0.29) is 0 Å². The first kappa shape index (κ1) is 32.0. The molecule has 0 aliphatic heterocycles. The van der Waals surface area contributed by atoms with Gasteiger partial charge in [0.15, 0.2) is 5.58 Å². The summed E-state index contributed by atoms with van der Waals surface area (Å²) in [5.41, 5.74) is 12.0. The van der Waals surface area contributed by atoms with E-state index in [1.54, 1.807) is 0 Å². The predicted molar refractivity (Wildman–Crippen MR) is 237 cm³/mol. The summed E-state index contributed by atoms with van der Waals surface area (Å²) in [6.45, 7) is 0. The van der Waals surface area contributed by atoms with Crippen molar-refractivity contribution in [3.05, 3.63) is 212 Å². The SMILES string of the molecule is c1ccc(-c2ccc(N(c3ccc(-c4cc5ccccc5cc4-c4ccc5ccccc5c4)cc3)c3cccc4c3oc3ccc5ccccc5c34)cc2)cc1. The number of para-hydroxylation sites is 1. The van der Waals surface area contributed by atoms with Gasteiger partial charge in [-0.05, 0) is 120 Å². The fraction of sp³-hybridized carbons (Fsp3) is 0. The van der Waals surface area contributed by atoms with Crippen LogP contribution in [-0.4, -0.2) is 0 Å². The molecule has 0 amide bonds. The largest absolute Gasteiger partial charge is 0.454 e. The topological polar surface area (TPSA) is 16.4 Å². The number of hydrogen-bond acceptors (Lipinski definition) is 2. The monoisotopic (exact) mass is 713 g/mol. The summed E-state index contributed by atoms with van der Waals surface area (Å²) < 4.78 is 6.80. The Labute approximate surface area is 325 Å². The second kappa shape index (κ2) is 13.2. The summed E-state index contributed by atoms with van der Waals surface area (Å²) >= 11 is 0. The maximum Gasteiger partial charge on any atom is 0.159 e. The Morgan fingerprint density at radius 1 is 0.321 bits per heavy atom. The van der Waals surface area contributed by atoms with Crippen molar-refractivity contribution in [1.29, 1.82) is 0 Å². The van der Waals surface area contributed by atoms with Crippen LogP contribution >= 0.6 is 0 Å². The molecule has 0 spiro atoms. The molecule has 1 aromatic heterocycles. The van der Waals surface area contributed by atoms with E-state index in [1.165, 1.54) is 60.1 Å². The summed E-state index contributed by atoms with van der Waals surface area (Å²) in [7, 11) is 0. The molecule has 10 aromatic carbocycles. The lowest BCUT2D eigenvalue weighted by atomic mass is 9.90. The summed E-state index contributed by atoms with van der Waals surface area (Å²) in [6.07, 6.45) is 0. The van der Waals surface area contributed by atoms with Gasteiger partial charge < -0.3 is 9.32 Å². The van der Waals surface area contributed by atoms with E-state index in [0.717, 1.165) is 44.6 Å². The molecule has 2 nitrogen and oxygen atoms in total. The smallest absolute Gasteiger partial charge is 0.159 e. The van der Waals surface area contributed by atoms with Gasteiger partial charge in [0.25, 0.3) is 0 Å². The minimum absolute atomic E-state index is 0.864. The lowest BCUT2D eigenvalue weighted by Crippen LogP contribution is -2.10. The molecule has 0 aliphatic carbocycles. The summed E-state index contributed by atoms with van der Waals surface area (Å²) in [6, 6.07) is 76.5. The second-order valence-electron chi connectivity index (χ2n) is 14.5. The van der Waals surface area contributed by atoms with Crippen molar-refractivity contribution in [2.75, 3.05) is 4.90 Å². The number of benzene rings is 10. The molecule has 0 saturated heterocycles. The van der Waals surface area contributed by atoms with Crippen LogP contribution in [0.2, 0.25) is 0 Å². The first-order valence-corrected chi connectivity index (χ1v) is 19.2. The molecular weight excluding hydrogens is 679 g/mol. The van der Waals surface area contributed by atoms with Crippen LogP contribution in [0.15, 0.2) is 217 Å². The molecule has 0 radical (unpaired) electrons. The van der Waals surface area contributed by atoms with E-state index in [0.29, 0.717) is 0 Å². The van der Waals surface area contributed by atoms with Crippen molar-refractivity contribution in [2.45, 2.75) is 0 Å². The van der Waals surface area contributed by atoms with E-state index < -0.39 is 0 Å². The van der Waals surface area contributed by atoms with Crippen molar-refractivity contribution in [1.82, 2.24) is 0 Å². The molecule has 0 bridgehead atoms. The number of hydrogen-bond donors (Lipinski definition) is 0. The second-order valence-corrected chi connectivity index (χ2v) is 14.5. The van der Waals surface area contributed by atoms with Gasteiger partial charge >= 0.3 is 0 Å². The first-order valence-electron chi connectivity index (χ1n) is 19.2. The molecule has 0 N–H and O–H groups in total. The Morgan fingerprint density at radius 3 is 1.55 bits per heavy atom. The van der Waals surface area contributed by atoms with Crippen LogP contribution in [0, 0.1) is 0 Å². The molecule has 0 aliphatic rings. The molecule has 0 saturated carbocycles. The number of rotatable bonds is 6. The zero-order chi connectivity index (χ0) is 37.0. The van der Waals surface area contributed by atoms with Gasteiger partial charge in [-0.1, -0.05) is 158 Å². The van der Waals surface area contributed by atoms with E-state index >= 15 is 0 Å². The van der Waals surface area contributed by atoms with Gasteiger partial charge in [-0.3, -0.25) is 0 Å². The Balaban J connectivity index is 1.08. The number of furan rings is 1. The molecule has 0 unspecified atom stereocenters. The van der Waals surface area contributed by atoms with Gasteiger partial charge in [0.05, 0.1) is 5.69 Å². The first-order chi connectivity index (χ1) is 27.7. The Kier molecular flexibility index (Phi) is 7.53. The standard InChI is InChI=1S/C54H35NO/c1-2-11-36(12-3-1)38-23-28-45(29-24-38)55(51-20-10-19-48-53-47-18-9-8-14-39(47)27-32-52(53)56-54(48)51)46-30-25-40(26-31-46)49-34-42-16-6-7-17-43(42)35-50(49)44-22-21-37-13-4-5-15-41(37)33-44/h1-35H. The summed E-state index contributed by atoms with van der Waals surface area (Å²) in [5, 5.41) is 9.58.